The van der Waals surface area contributed by atoms with Crippen LogP contribution in [0.5, 0.6) is 0 Å². The van der Waals surface area contributed by atoms with Crippen molar-refractivity contribution >= 4 is 11.8 Å². The van der Waals surface area contributed by atoms with E-state index in [-0.39, 0.29) is 29.0 Å². The van der Waals surface area contributed by atoms with E-state index in [0.717, 1.165) is 19.3 Å². The molecule has 1 spiro atoms. The van der Waals surface area contributed by atoms with Crippen LogP contribution in [0.2, 0.25) is 0 Å². The highest BCUT2D eigenvalue weighted by molar-refractivity contribution is 5.91. The predicted molar refractivity (Wildman–Crippen MR) is 68.2 cm³/mol. The Morgan fingerprint density at radius 2 is 2.21 bits per heavy atom. The maximum absolute atomic E-state index is 11.6. The van der Waals surface area contributed by atoms with Crippen molar-refractivity contribution in [1.82, 2.24) is 0 Å². The molecule has 2 bridgehead atoms. The Labute approximate surface area is 112 Å². The van der Waals surface area contributed by atoms with E-state index in [9.17, 15) is 14.7 Å². The van der Waals surface area contributed by atoms with E-state index < -0.39 is 11.7 Å². The second-order valence-corrected chi connectivity index (χ2v) is 6.50. The van der Waals surface area contributed by atoms with E-state index in [1.807, 2.05) is 6.08 Å². The Hall–Kier alpha value is -1.16. The molecule has 4 rings (SSSR count). The van der Waals surface area contributed by atoms with Crippen LogP contribution in [-0.4, -0.2) is 28.6 Å². The van der Waals surface area contributed by atoms with Crippen LogP contribution in [0, 0.1) is 17.3 Å². The molecule has 4 aliphatic carbocycles. The maximum Gasteiger partial charge on any atom is 0.303 e. The molecular formula is C15H20O4. The summed E-state index contributed by atoms with van der Waals surface area (Å²) in [6, 6.07) is 0. The van der Waals surface area contributed by atoms with Gasteiger partial charge in [-0.1, -0.05) is 6.08 Å². The maximum atomic E-state index is 11.6. The summed E-state index contributed by atoms with van der Waals surface area (Å²) in [5, 5.41) is 10.8. The van der Waals surface area contributed by atoms with Crippen molar-refractivity contribution in [2.45, 2.75) is 51.2 Å². The lowest BCUT2D eigenvalue weighted by molar-refractivity contribution is -0.237. The van der Waals surface area contributed by atoms with E-state index in [2.05, 4.69) is 0 Å². The van der Waals surface area contributed by atoms with Gasteiger partial charge in [0.2, 0.25) is 0 Å². The lowest BCUT2D eigenvalue weighted by Gasteiger charge is -2.61. The molecule has 0 aliphatic heterocycles. The zero-order chi connectivity index (χ0) is 13.8. The fourth-order valence-electron chi connectivity index (χ4n) is 4.48. The van der Waals surface area contributed by atoms with E-state index in [1.54, 1.807) is 13.0 Å². The van der Waals surface area contributed by atoms with Gasteiger partial charge >= 0.3 is 5.97 Å². The monoisotopic (exact) mass is 264 g/mol. The number of ketones is 1. The molecule has 4 heteroatoms. The molecule has 19 heavy (non-hydrogen) atoms. The third-order valence-corrected chi connectivity index (χ3v) is 5.41. The number of aliphatic hydroxyl groups is 1. The Balaban J connectivity index is 2.06. The molecule has 1 N–H and O–H groups in total. The Kier molecular flexibility index (Phi) is 2.65. The first-order valence-electron chi connectivity index (χ1n) is 6.98. The van der Waals surface area contributed by atoms with Gasteiger partial charge in [-0.3, -0.25) is 9.59 Å². The largest absolute Gasteiger partial charge is 0.459 e. The van der Waals surface area contributed by atoms with Crippen LogP contribution in [0.3, 0.4) is 0 Å². The number of esters is 1. The molecule has 4 aliphatic rings. The minimum atomic E-state index is -0.995. The second kappa shape index (κ2) is 3.92. The zero-order valence-electron chi connectivity index (χ0n) is 11.4. The van der Waals surface area contributed by atoms with Gasteiger partial charge in [-0.2, -0.15) is 0 Å². The van der Waals surface area contributed by atoms with E-state index in [4.69, 9.17) is 4.74 Å². The van der Waals surface area contributed by atoms with E-state index in [1.165, 1.54) is 6.92 Å². The van der Waals surface area contributed by atoms with Gasteiger partial charge in [-0.15, -0.1) is 0 Å². The number of carbonyl (C=O) groups excluding carboxylic acids is 2. The summed E-state index contributed by atoms with van der Waals surface area (Å²) in [6.07, 6.45) is 6.16. The van der Waals surface area contributed by atoms with Gasteiger partial charge in [0.15, 0.2) is 5.78 Å². The van der Waals surface area contributed by atoms with Gasteiger partial charge in [0.25, 0.3) is 0 Å². The third-order valence-electron chi connectivity index (χ3n) is 5.41. The zero-order valence-corrected chi connectivity index (χ0v) is 11.4. The first-order valence-corrected chi connectivity index (χ1v) is 6.98. The molecule has 0 amide bonds. The first-order chi connectivity index (χ1) is 8.86. The summed E-state index contributed by atoms with van der Waals surface area (Å²) < 4.78 is 5.48. The van der Waals surface area contributed by atoms with Gasteiger partial charge in [0.05, 0.1) is 0 Å². The average molecular weight is 264 g/mol. The number of rotatable bonds is 1. The van der Waals surface area contributed by atoms with Crippen LogP contribution in [0.15, 0.2) is 12.2 Å². The van der Waals surface area contributed by atoms with Crippen LogP contribution in [0.25, 0.3) is 0 Å². The van der Waals surface area contributed by atoms with Crippen molar-refractivity contribution in [2.75, 3.05) is 0 Å². The quantitative estimate of drug-likeness (QED) is 0.731. The lowest BCUT2D eigenvalue weighted by atomic mass is 9.46. The Morgan fingerprint density at radius 3 is 2.89 bits per heavy atom. The highest BCUT2D eigenvalue weighted by atomic mass is 16.6. The topological polar surface area (TPSA) is 63.6 Å². The van der Waals surface area contributed by atoms with Crippen LogP contribution >= 0.6 is 0 Å². The molecule has 0 aromatic heterocycles. The number of allylic oxidation sites excluding steroid dienone is 1. The molecule has 5 atom stereocenters. The molecule has 104 valence electrons. The van der Waals surface area contributed by atoms with Gasteiger partial charge in [-0.25, -0.2) is 0 Å². The molecule has 0 saturated heterocycles. The number of ether oxygens (including phenoxy) is 1. The van der Waals surface area contributed by atoms with Crippen molar-refractivity contribution in [3.05, 3.63) is 12.2 Å². The summed E-state index contributed by atoms with van der Waals surface area (Å²) in [5.74, 6) is 0.0944. The SMILES string of the molecule is CC(=O)O[C@H]1[C@@](C)(O)[C@H]2CC[C@@]13C=CC(=O)C[C@@H]3C2. The number of hydrogen-bond donors (Lipinski definition) is 1. The molecule has 0 heterocycles. The lowest BCUT2D eigenvalue weighted by Crippen LogP contribution is -2.67. The van der Waals surface area contributed by atoms with Crippen LogP contribution in [-0.2, 0) is 14.3 Å². The number of fused-ring (bicyclic) bond motifs is 2. The van der Waals surface area contributed by atoms with Gasteiger partial charge in [0.1, 0.15) is 11.7 Å². The van der Waals surface area contributed by atoms with Crippen molar-refractivity contribution in [2.24, 2.45) is 17.3 Å². The Morgan fingerprint density at radius 1 is 1.47 bits per heavy atom. The molecule has 4 nitrogen and oxygen atoms in total. The highest BCUT2D eigenvalue weighted by Crippen LogP contribution is 2.61. The Bertz CT molecular complexity index is 465. The molecule has 0 aromatic rings. The van der Waals surface area contributed by atoms with Crippen molar-refractivity contribution in [1.29, 1.82) is 0 Å². The molecule has 3 saturated carbocycles. The first kappa shape index (κ1) is 12.9. The normalized spacial score (nSPS) is 47.9. The predicted octanol–water partition coefficient (Wildman–Crippen LogP) is 1.61. The summed E-state index contributed by atoms with van der Waals surface area (Å²) in [4.78, 5) is 23.0. The fraction of sp³-hybridized carbons (Fsp3) is 0.733. The second-order valence-electron chi connectivity index (χ2n) is 6.50. The molecule has 0 unspecified atom stereocenters. The molecular weight excluding hydrogens is 244 g/mol. The van der Waals surface area contributed by atoms with E-state index in [0.29, 0.717) is 6.42 Å². The van der Waals surface area contributed by atoms with Crippen LogP contribution in [0.1, 0.15) is 39.5 Å². The summed E-state index contributed by atoms with van der Waals surface area (Å²) in [7, 11) is 0. The van der Waals surface area contributed by atoms with Crippen molar-refractivity contribution in [3.8, 4) is 0 Å². The van der Waals surface area contributed by atoms with Gasteiger partial charge < -0.3 is 9.84 Å². The summed E-state index contributed by atoms with van der Waals surface area (Å²) >= 11 is 0. The molecule has 0 aromatic carbocycles. The third kappa shape index (κ3) is 1.69. The fourth-order valence-corrected chi connectivity index (χ4v) is 4.48. The molecule has 3 fully saturated rings. The van der Waals surface area contributed by atoms with Gasteiger partial charge in [-0.05, 0) is 44.1 Å². The van der Waals surface area contributed by atoms with Crippen LogP contribution in [0.4, 0.5) is 0 Å². The highest BCUT2D eigenvalue weighted by Gasteiger charge is 2.64. The van der Waals surface area contributed by atoms with E-state index >= 15 is 0 Å². The minimum absolute atomic E-state index is 0.114. The number of carbonyl (C=O) groups is 2. The van der Waals surface area contributed by atoms with Crippen molar-refractivity contribution in [3.63, 3.8) is 0 Å². The standard InChI is InChI=1S/C15H20O4/c1-9(16)19-13-14(2,18)10-3-5-15(13)6-4-12(17)8-11(15)7-10/h4,6,10-11,13,18H,3,5,7-8H2,1-2H3/t10-,11-,13-,14-,15-/m0/s1. The van der Waals surface area contributed by atoms with Crippen molar-refractivity contribution < 1.29 is 19.4 Å². The minimum Gasteiger partial charge on any atom is -0.459 e. The van der Waals surface area contributed by atoms with Gasteiger partial charge in [0, 0.05) is 18.8 Å². The average Bonchev–Trinajstić information content (AvgIpc) is 2.33. The summed E-state index contributed by atoms with van der Waals surface area (Å²) in [6.45, 7) is 3.15. The number of hydrogen-bond acceptors (Lipinski definition) is 4. The smallest absolute Gasteiger partial charge is 0.303 e. The summed E-state index contributed by atoms with van der Waals surface area (Å²) in [5.41, 5.74) is -1.34. The molecule has 0 radical (unpaired) electrons. The van der Waals surface area contributed by atoms with Crippen LogP contribution < -0.4 is 0 Å².